The first-order valence-corrected chi connectivity index (χ1v) is 6.39. The maximum atomic E-state index is 12.4. The number of rotatable bonds is 1. The quantitative estimate of drug-likeness (QED) is 0.824. The molecule has 3 rings (SSSR count). The van der Waals surface area contributed by atoms with Crippen molar-refractivity contribution in [3.05, 3.63) is 46.3 Å². The number of fused-ring (bicyclic) bond motifs is 1. The molecule has 1 aliphatic heterocycles. The van der Waals surface area contributed by atoms with E-state index >= 15 is 0 Å². The smallest absolute Gasteiger partial charge is 0.262 e. The first-order valence-electron chi connectivity index (χ1n) is 5.60. The highest BCUT2D eigenvalue weighted by molar-refractivity contribution is 9.10. The van der Waals surface area contributed by atoms with E-state index in [-0.39, 0.29) is 5.91 Å². The molecular formula is C13H11BrN2O2. The van der Waals surface area contributed by atoms with Crippen LogP contribution >= 0.6 is 15.9 Å². The summed E-state index contributed by atoms with van der Waals surface area (Å²) in [5.41, 5.74) is 9.02. The predicted octanol–water partition coefficient (Wildman–Crippen LogP) is 2.83. The molecule has 0 radical (unpaired) electrons. The molecule has 2 N–H and O–H groups in total. The average molecular weight is 307 g/mol. The molecule has 18 heavy (non-hydrogen) atoms. The van der Waals surface area contributed by atoms with Crippen LogP contribution in [0.3, 0.4) is 0 Å². The van der Waals surface area contributed by atoms with E-state index in [0.717, 1.165) is 17.7 Å². The minimum Gasteiger partial charge on any atom is -0.457 e. The van der Waals surface area contributed by atoms with Gasteiger partial charge in [0.25, 0.3) is 5.91 Å². The molecule has 1 amide bonds. The van der Waals surface area contributed by atoms with Crippen molar-refractivity contribution in [1.29, 1.82) is 0 Å². The van der Waals surface area contributed by atoms with Gasteiger partial charge in [-0.25, -0.2) is 0 Å². The molecule has 92 valence electrons. The molecule has 2 heterocycles. The second-order valence-electron chi connectivity index (χ2n) is 4.20. The summed E-state index contributed by atoms with van der Waals surface area (Å²) in [5, 5.41) is 0. The summed E-state index contributed by atoms with van der Waals surface area (Å²) in [4.78, 5) is 14.1. The van der Waals surface area contributed by atoms with Gasteiger partial charge in [-0.1, -0.05) is 6.07 Å². The number of carbonyl (C=O) groups is 1. The maximum absolute atomic E-state index is 12.4. The molecule has 1 aliphatic rings. The van der Waals surface area contributed by atoms with E-state index in [1.54, 1.807) is 11.0 Å². The molecule has 2 aromatic rings. The molecule has 4 nitrogen and oxygen atoms in total. The van der Waals surface area contributed by atoms with Gasteiger partial charge in [-0.2, -0.15) is 0 Å². The van der Waals surface area contributed by atoms with Crippen LogP contribution < -0.4 is 10.6 Å². The number of furan rings is 1. The highest BCUT2D eigenvalue weighted by Crippen LogP contribution is 2.32. The Hall–Kier alpha value is -1.75. The van der Waals surface area contributed by atoms with Gasteiger partial charge < -0.3 is 15.1 Å². The highest BCUT2D eigenvalue weighted by Gasteiger charge is 2.27. The fraction of sp³-hybridized carbons (Fsp3) is 0.154. The van der Waals surface area contributed by atoms with Crippen LogP contribution in [0.2, 0.25) is 0 Å². The van der Waals surface area contributed by atoms with Gasteiger partial charge in [0.1, 0.15) is 0 Å². The standard InChI is InChI=1S/C13H11BrN2O2/c14-12-10(4-6-18-12)13(17)16-5-3-8-1-2-9(15)7-11(8)16/h1-2,4,6-7H,3,5,15H2. The molecular weight excluding hydrogens is 296 g/mol. The highest BCUT2D eigenvalue weighted by atomic mass is 79.9. The van der Waals surface area contributed by atoms with E-state index in [1.165, 1.54) is 6.26 Å². The molecule has 0 bridgehead atoms. The van der Waals surface area contributed by atoms with Crippen LogP contribution in [-0.4, -0.2) is 12.5 Å². The Balaban J connectivity index is 2.00. The molecule has 0 spiro atoms. The maximum Gasteiger partial charge on any atom is 0.262 e. The molecule has 0 fully saturated rings. The van der Waals surface area contributed by atoms with Gasteiger partial charge >= 0.3 is 0 Å². The first kappa shape index (κ1) is 11.3. The number of hydrogen-bond donors (Lipinski definition) is 1. The van der Waals surface area contributed by atoms with E-state index in [1.807, 2.05) is 18.2 Å². The lowest BCUT2D eigenvalue weighted by molar-refractivity contribution is 0.0988. The van der Waals surface area contributed by atoms with Crippen molar-refractivity contribution in [3.63, 3.8) is 0 Å². The van der Waals surface area contributed by atoms with E-state index in [9.17, 15) is 4.79 Å². The van der Waals surface area contributed by atoms with Crippen molar-refractivity contribution in [3.8, 4) is 0 Å². The number of benzene rings is 1. The van der Waals surface area contributed by atoms with Crippen molar-refractivity contribution < 1.29 is 9.21 Å². The summed E-state index contributed by atoms with van der Waals surface area (Å²) in [5.74, 6) is -0.0695. The summed E-state index contributed by atoms with van der Waals surface area (Å²) >= 11 is 3.23. The normalized spacial score (nSPS) is 13.7. The van der Waals surface area contributed by atoms with Crippen molar-refractivity contribution in [2.45, 2.75) is 6.42 Å². The van der Waals surface area contributed by atoms with Crippen molar-refractivity contribution in [1.82, 2.24) is 0 Å². The Morgan fingerprint density at radius 2 is 2.22 bits per heavy atom. The largest absolute Gasteiger partial charge is 0.457 e. The summed E-state index contributed by atoms with van der Waals surface area (Å²) in [6, 6.07) is 7.34. The number of nitrogens with two attached hydrogens (primary N) is 1. The first-order chi connectivity index (χ1) is 8.66. The van der Waals surface area contributed by atoms with Crippen LogP contribution in [-0.2, 0) is 6.42 Å². The van der Waals surface area contributed by atoms with Crippen LogP contribution in [0.15, 0.2) is 39.6 Å². The minimum absolute atomic E-state index is 0.0695. The summed E-state index contributed by atoms with van der Waals surface area (Å²) in [7, 11) is 0. The van der Waals surface area contributed by atoms with Crippen molar-refractivity contribution in [2.75, 3.05) is 17.2 Å². The molecule has 0 atom stereocenters. The Kier molecular flexibility index (Phi) is 2.63. The van der Waals surface area contributed by atoms with Gasteiger partial charge in [-0.3, -0.25) is 4.79 Å². The second-order valence-corrected chi connectivity index (χ2v) is 4.92. The third-order valence-electron chi connectivity index (χ3n) is 3.10. The Morgan fingerprint density at radius 1 is 1.39 bits per heavy atom. The van der Waals surface area contributed by atoms with Gasteiger partial charge in [0.2, 0.25) is 0 Å². The average Bonchev–Trinajstić information content (AvgIpc) is 2.94. The van der Waals surface area contributed by atoms with Gasteiger partial charge in [0.05, 0.1) is 11.8 Å². The number of halogens is 1. The van der Waals surface area contributed by atoms with E-state index in [2.05, 4.69) is 15.9 Å². The summed E-state index contributed by atoms with van der Waals surface area (Å²) < 4.78 is 5.56. The van der Waals surface area contributed by atoms with Crippen LogP contribution in [0.1, 0.15) is 15.9 Å². The molecule has 1 aromatic heterocycles. The molecule has 0 unspecified atom stereocenters. The van der Waals surface area contributed by atoms with Crippen LogP contribution in [0.4, 0.5) is 11.4 Å². The lowest BCUT2D eigenvalue weighted by atomic mass is 10.1. The van der Waals surface area contributed by atoms with Gasteiger partial charge in [-0.05, 0) is 46.1 Å². The van der Waals surface area contributed by atoms with E-state index < -0.39 is 0 Å². The summed E-state index contributed by atoms with van der Waals surface area (Å²) in [6.07, 6.45) is 2.35. The Labute approximate surface area is 113 Å². The lowest BCUT2D eigenvalue weighted by Crippen LogP contribution is -2.28. The van der Waals surface area contributed by atoms with Crippen LogP contribution in [0.25, 0.3) is 0 Å². The van der Waals surface area contributed by atoms with Gasteiger partial charge in [0.15, 0.2) is 4.67 Å². The van der Waals surface area contributed by atoms with E-state index in [0.29, 0.717) is 22.5 Å². The third-order valence-corrected chi connectivity index (χ3v) is 3.71. The van der Waals surface area contributed by atoms with Gasteiger partial charge in [0, 0.05) is 17.9 Å². The Bertz CT molecular complexity index is 621. The zero-order chi connectivity index (χ0) is 12.7. The number of nitrogens with zero attached hydrogens (tertiary/aromatic N) is 1. The molecule has 5 heteroatoms. The molecule has 0 aliphatic carbocycles. The molecule has 0 saturated carbocycles. The monoisotopic (exact) mass is 306 g/mol. The number of nitrogen functional groups attached to an aromatic ring is 1. The topological polar surface area (TPSA) is 59.5 Å². The van der Waals surface area contributed by atoms with Crippen molar-refractivity contribution in [2.24, 2.45) is 0 Å². The fourth-order valence-electron chi connectivity index (χ4n) is 2.20. The molecule has 1 aromatic carbocycles. The molecule has 0 saturated heterocycles. The van der Waals surface area contributed by atoms with Gasteiger partial charge in [-0.15, -0.1) is 0 Å². The van der Waals surface area contributed by atoms with Crippen LogP contribution in [0, 0.1) is 0 Å². The van der Waals surface area contributed by atoms with Crippen molar-refractivity contribution >= 4 is 33.2 Å². The zero-order valence-electron chi connectivity index (χ0n) is 9.52. The number of hydrogen-bond acceptors (Lipinski definition) is 3. The van der Waals surface area contributed by atoms with Crippen LogP contribution in [0.5, 0.6) is 0 Å². The third kappa shape index (κ3) is 1.71. The summed E-state index contributed by atoms with van der Waals surface area (Å²) in [6.45, 7) is 0.676. The number of carbonyl (C=O) groups excluding carboxylic acids is 1. The second kappa shape index (κ2) is 4.17. The van der Waals surface area contributed by atoms with E-state index in [4.69, 9.17) is 10.2 Å². The number of amides is 1. The SMILES string of the molecule is Nc1ccc2c(c1)N(C(=O)c1ccoc1Br)CC2. The number of anilines is 2. The fourth-order valence-corrected chi connectivity index (χ4v) is 2.61. The predicted molar refractivity (Wildman–Crippen MR) is 72.6 cm³/mol. The Morgan fingerprint density at radius 3 is 2.94 bits per heavy atom. The zero-order valence-corrected chi connectivity index (χ0v) is 11.1. The minimum atomic E-state index is -0.0695. The lowest BCUT2D eigenvalue weighted by Gasteiger charge is -2.16.